The minimum atomic E-state index is -0.106. The van der Waals surface area contributed by atoms with E-state index < -0.39 is 0 Å². The number of hydrogen-bond donors (Lipinski definition) is 2. The van der Waals surface area contributed by atoms with Gasteiger partial charge in [0.25, 0.3) is 5.91 Å². The van der Waals surface area contributed by atoms with Crippen LogP contribution in [-0.2, 0) is 9.47 Å². The molecule has 1 aromatic rings. The highest BCUT2D eigenvalue weighted by Crippen LogP contribution is 2.08. The van der Waals surface area contributed by atoms with Gasteiger partial charge in [-0.2, -0.15) is 0 Å². The van der Waals surface area contributed by atoms with Crippen molar-refractivity contribution < 1.29 is 14.3 Å². The molecule has 1 amide bonds. The number of carbonyl (C=O) groups is 1. The van der Waals surface area contributed by atoms with Crippen molar-refractivity contribution in [1.82, 2.24) is 15.2 Å². The molecule has 0 saturated carbocycles. The van der Waals surface area contributed by atoms with Crippen molar-refractivity contribution >= 4 is 11.6 Å². The molecule has 0 aliphatic carbocycles. The molecule has 0 radical (unpaired) electrons. The molecule has 0 aromatic carbocycles. The zero-order chi connectivity index (χ0) is 16.3. The third-order valence-corrected chi connectivity index (χ3v) is 3.67. The number of ether oxygens (including phenoxy) is 2. The second-order valence-electron chi connectivity index (χ2n) is 5.45. The van der Waals surface area contributed by atoms with Gasteiger partial charge in [-0.15, -0.1) is 0 Å². The molecule has 128 valence electrons. The fourth-order valence-electron chi connectivity index (χ4n) is 2.36. The van der Waals surface area contributed by atoms with Gasteiger partial charge in [0.2, 0.25) is 0 Å². The molecule has 7 nitrogen and oxygen atoms in total. The molecule has 0 spiro atoms. The largest absolute Gasteiger partial charge is 0.385 e. The molecular formula is C16H26N4O3. The van der Waals surface area contributed by atoms with E-state index in [1.807, 2.05) is 6.07 Å². The van der Waals surface area contributed by atoms with Crippen LogP contribution >= 0.6 is 0 Å². The lowest BCUT2D eigenvalue weighted by molar-refractivity contribution is 0.0398. The van der Waals surface area contributed by atoms with Gasteiger partial charge < -0.3 is 20.1 Å². The fraction of sp³-hybridized carbons (Fsp3) is 0.625. The first-order chi connectivity index (χ1) is 11.3. The van der Waals surface area contributed by atoms with E-state index in [0.717, 1.165) is 51.5 Å². The third kappa shape index (κ3) is 6.52. The molecule has 7 heteroatoms. The third-order valence-electron chi connectivity index (χ3n) is 3.67. The Balaban J connectivity index is 1.73. The first-order valence-electron chi connectivity index (χ1n) is 8.06. The monoisotopic (exact) mass is 322 g/mol. The number of nitrogens with zero attached hydrogens (tertiary/aromatic N) is 2. The maximum absolute atomic E-state index is 12.0. The molecule has 1 aliphatic rings. The Morgan fingerprint density at radius 3 is 2.96 bits per heavy atom. The SMILES string of the molecule is COCCCNC(=O)c1cncc(NCCN2CCOCC2)c1. The molecule has 1 aliphatic heterocycles. The van der Waals surface area contributed by atoms with Crippen LogP contribution in [0, 0.1) is 0 Å². The lowest BCUT2D eigenvalue weighted by Crippen LogP contribution is -2.39. The number of pyridine rings is 1. The summed E-state index contributed by atoms with van der Waals surface area (Å²) >= 11 is 0. The van der Waals surface area contributed by atoms with Crippen LogP contribution in [0.3, 0.4) is 0 Å². The van der Waals surface area contributed by atoms with Crippen LogP contribution in [-0.4, -0.2) is 75.4 Å². The standard InChI is InChI=1S/C16H26N4O3/c1-22-8-2-3-19-16(21)14-11-15(13-17-12-14)18-4-5-20-6-9-23-10-7-20/h11-13,18H,2-10H2,1H3,(H,19,21). The van der Waals surface area contributed by atoms with Crippen molar-refractivity contribution in [2.24, 2.45) is 0 Å². The van der Waals surface area contributed by atoms with E-state index in [9.17, 15) is 4.79 Å². The van der Waals surface area contributed by atoms with E-state index in [1.54, 1.807) is 19.5 Å². The maximum atomic E-state index is 12.0. The Hall–Kier alpha value is -1.70. The molecule has 1 aromatic heterocycles. The number of rotatable bonds is 9. The van der Waals surface area contributed by atoms with E-state index in [4.69, 9.17) is 9.47 Å². The lowest BCUT2D eigenvalue weighted by atomic mass is 10.2. The average Bonchev–Trinajstić information content (AvgIpc) is 2.60. The van der Waals surface area contributed by atoms with Crippen LogP contribution in [0.15, 0.2) is 18.5 Å². The predicted molar refractivity (Wildman–Crippen MR) is 88.8 cm³/mol. The predicted octanol–water partition coefficient (Wildman–Crippen LogP) is 0.592. The molecule has 0 atom stereocenters. The van der Waals surface area contributed by atoms with Crippen LogP contribution in [0.25, 0.3) is 0 Å². The normalized spacial score (nSPS) is 15.3. The van der Waals surface area contributed by atoms with Gasteiger partial charge in [0.05, 0.1) is 24.5 Å². The average molecular weight is 322 g/mol. The number of hydrogen-bond acceptors (Lipinski definition) is 6. The van der Waals surface area contributed by atoms with E-state index in [-0.39, 0.29) is 5.91 Å². The molecule has 2 N–H and O–H groups in total. The molecule has 2 heterocycles. The summed E-state index contributed by atoms with van der Waals surface area (Å²) in [5.41, 5.74) is 1.43. The lowest BCUT2D eigenvalue weighted by Gasteiger charge is -2.26. The highest BCUT2D eigenvalue weighted by molar-refractivity contribution is 5.94. The maximum Gasteiger partial charge on any atom is 0.252 e. The van der Waals surface area contributed by atoms with E-state index in [2.05, 4.69) is 20.5 Å². The van der Waals surface area contributed by atoms with Gasteiger partial charge in [-0.3, -0.25) is 14.7 Å². The molecule has 23 heavy (non-hydrogen) atoms. The Morgan fingerprint density at radius 2 is 2.17 bits per heavy atom. The second kappa shape index (κ2) is 10.1. The summed E-state index contributed by atoms with van der Waals surface area (Å²) in [6, 6.07) is 1.83. The number of nitrogens with one attached hydrogen (secondary N) is 2. The van der Waals surface area contributed by atoms with Gasteiger partial charge >= 0.3 is 0 Å². The smallest absolute Gasteiger partial charge is 0.252 e. The van der Waals surface area contributed by atoms with E-state index in [0.29, 0.717) is 18.7 Å². The van der Waals surface area contributed by atoms with Crippen LogP contribution in [0.4, 0.5) is 5.69 Å². The Labute approximate surface area is 137 Å². The van der Waals surface area contributed by atoms with E-state index >= 15 is 0 Å². The summed E-state index contributed by atoms with van der Waals surface area (Å²) in [5, 5.41) is 6.18. The molecule has 0 unspecified atom stereocenters. The number of morpholine rings is 1. The van der Waals surface area contributed by atoms with Gasteiger partial charge in [-0.05, 0) is 12.5 Å². The summed E-state index contributed by atoms with van der Waals surface area (Å²) in [6.07, 6.45) is 4.12. The van der Waals surface area contributed by atoms with Crippen molar-refractivity contribution in [3.63, 3.8) is 0 Å². The molecule has 1 saturated heterocycles. The van der Waals surface area contributed by atoms with Gasteiger partial charge in [-0.25, -0.2) is 0 Å². The Bertz CT molecular complexity index is 478. The highest BCUT2D eigenvalue weighted by atomic mass is 16.5. The summed E-state index contributed by atoms with van der Waals surface area (Å²) < 4.78 is 10.3. The summed E-state index contributed by atoms with van der Waals surface area (Å²) in [7, 11) is 1.65. The van der Waals surface area contributed by atoms with Crippen molar-refractivity contribution in [2.45, 2.75) is 6.42 Å². The number of amides is 1. The molecular weight excluding hydrogens is 296 g/mol. The Morgan fingerprint density at radius 1 is 1.35 bits per heavy atom. The molecule has 2 rings (SSSR count). The summed E-state index contributed by atoms with van der Waals surface area (Å²) in [5.74, 6) is -0.106. The van der Waals surface area contributed by atoms with Crippen molar-refractivity contribution in [3.05, 3.63) is 24.0 Å². The first kappa shape index (κ1) is 17.7. The fourth-order valence-corrected chi connectivity index (χ4v) is 2.36. The van der Waals surface area contributed by atoms with E-state index in [1.165, 1.54) is 0 Å². The van der Waals surface area contributed by atoms with Crippen LogP contribution in [0.2, 0.25) is 0 Å². The quantitative estimate of drug-likeness (QED) is 0.648. The van der Waals surface area contributed by atoms with Gasteiger partial charge in [-0.1, -0.05) is 0 Å². The minimum Gasteiger partial charge on any atom is -0.385 e. The van der Waals surface area contributed by atoms with Crippen molar-refractivity contribution in [2.75, 3.05) is 65.0 Å². The molecule has 0 bridgehead atoms. The van der Waals surface area contributed by atoms with Gasteiger partial charge in [0, 0.05) is 58.8 Å². The zero-order valence-electron chi connectivity index (χ0n) is 13.7. The van der Waals surface area contributed by atoms with Crippen molar-refractivity contribution in [3.8, 4) is 0 Å². The topological polar surface area (TPSA) is 75.7 Å². The molecule has 1 fully saturated rings. The van der Waals surface area contributed by atoms with Crippen molar-refractivity contribution in [1.29, 1.82) is 0 Å². The minimum absolute atomic E-state index is 0.106. The Kier molecular flexibility index (Phi) is 7.79. The first-order valence-corrected chi connectivity index (χ1v) is 8.06. The summed E-state index contributed by atoms with van der Waals surface area (Å²) in [4.78, 5) is 18.5. The highest BCUT2D eigenvalue weighted by Gasteiger charge is 2.10. The van der Waals surface area contributed by atoms with Gasteiger partial charge in [0.15, 0.2) is 0 Å². The van der Waals surface area contributed by atoms with Crippen LogP contribution in [0.5, 0.6) is 0 Å². The number of anilines is 1. The number of methoxy groups -OCH3 is 1. The summed E-state index contributed by atoms with van der Waals surface area (Å²) in [6.45, 7) is 6.58. The number of carbonyl (C=O) groups excluding carboxylic acids is 1. The second-order valence-corrected chi connectivity index (χ2v) is 5.45. The van der Waals surface area contributed by atoms with Crippen LogP contribution < -0.4 is 10.6 Å². The van der Waals surface area contributed by atoms with Gasteiger partial charge in [0.1, 0.15) is 0 Å². The number of aromatic nitrogens is 1. The zero-order valence-corrected chi connectivity index (χ0v) is 13.7. The van der Waals surface area contributed by atoms with Crippen LogP contribution in [0.1, 0.15) is 16.8 Å².